The number of hydrogen-bond acceptors (Lipinski definition) is 1. The molecule has 0 radical (unpaired) electrons. The van der Waals surface area contributed by atoms with Gasteiger partial charge in [0.05, 0.1) is 33.5 Å². The lowest BCUT2D eigenvalue weighted by Crippen LogP contribution is -2.28. The van der Waals surface area contributed by atoms with Crippen LogP contribution < -0.4 is 4.90 Å². The van der Waals surface area contributed by atoms with Gasteiger partial charge in [-0.1, -0.05) is 279 Å². The van der Waals surface area contributed by atoms with Crippen LogP contribution >= 0.6 is 0 Å². The summed E-state index contributed by atoms with van der Waals surface area (Å²) in [6.45, 7) is 0. The first-order valence-corrected chi connectivity index (χ1v) is 27.3. The molecule has 0 aliphatic heterocycles. The summed E-state index contributed by atoms with van der Waals surface area (Å²) < 4.78 is 2.46. The van der Waals surface area contributed by atoms with Crippen LogP contribution in [0.5, 0.6) is 0 Å². The third-order valence-corrected chi connectivity index (χ3v) is 16.5. The molecule has 1 aromatic heterocycles. The van der Waals surface area contributed by atoms with Crippen LogP contribution in [0.25, 0.3) is 93.9 Å². The SMILES string of the molecule is c1ccc(-c2cccc3cccc(-c4ccccc4N(c4ccccc4-c4cccc5c4-c4ccccc4C5(c4ccccc4)c4ccccc4)c4ccccc4-c4cccc5c6ccccc6n(-c6ccccc6)c45)c23)cc1. The summed E-state index contributed by atoms with van der Waals surface area (Å²) >= 11 is 0. The van der Waals surface area contributed by atoms with E-state index in [1.165, 1.54) is 88.2 Å². The largest absolute Gasteiger partial charge is 0.309 e. The topological polar surface area (TPSA) is 8.17 Å². The van der Waals surface area contributed by atoms with Crippen molar-refractivity contribution in [1.29, 1.82) is 0 Å². The van der Waals surface area contributed by atoms with Gasteiger partial charge >= 0.3 is 0 Å². The van der Waals surface area contributed by atoms with Crippen LogP contribution in [-0.4, -0.2) is 4.57 Å². The summed E-state index contributed by atoms with van der Waals surface area (Å²) in [5, 5.41) is 4.85. The van der Waals surface area contributed by atoms with Gasteiger partial charge < -0.3 is 9.47 Å². The van der Waals surface area contributed by atoms with Crippen molar-refractivity contribution in [3.63, 3.8) is 0 Å². The van der Waals surface area contributed by atoms with Crippen LogP contribution in [0.4, 0.5) is 17.1 Å². The molecular weight excluding hydrogens is 953 g/mol. The molecule has 15 rings (SSSR count). The van der Waals surface area contributed by atoms with Crippen LogP contribution in [-0.2, 0) is 5.41 Å². The minimum atomic E-state index is -0.557. The number of rotatable bonds is 10. The van der Waals surface area contributed by atoms with Crippen LogP contribution in [0.1, 0.15) is 22.3 Å². The number of nitrogens with zero attached hydrogens (tertiary/aromatic N) is 2. The standard InChI is InChI=1S/C77H52N2/c1-5-27-53(28-6-1)58-42-23-29-54-30-24-43-63(74(54)58)59-37-14-20-50-71(59)79(73-52-22-17-40-62(73)66-46-25-45-65-61-39-16-19-49-70(61)78(76(65)66)57-35-11-4-12-36-57)72-51-21-15-38-60(72)64-44-26-48-69-75(64)67-41-13-18-47-68(67)77(69,55-31-7-2-8-32-55)56-33-9-3-10-34-56/h1-52H. The molecule has 0 fully saturated rings. The van der Waals surface area contributed by atoms with Crippen molar-refractivity contribution in [2.75, 3.05) is 4.90 Å². The van der Waals surface area contributed by atoms with E-state index in [-0.39, 0.29) is 0 Å². The van der Waals surface area contributed by atoms with Crippen molar-refractivity contribution in [1.82, 2.24) is 4.57 Å². The van der Waals surface area contributed by atoms with E-state index in [2.05, 4.69) is 325 Å². The molecule has 0 saturated heterocycles. The third kappa shape index (κ3) is 7.26. The maximum atomic E-state index is 2.57. The van der Waals surface area contributed by atoms with Crippen molar-refractivity contribution in [3.05, 3.63) is 338 Å². The Hall–Kier alpha value is -10.3. The maximum absolute atomic E-state index is 2.57. The van der Waals surface area contributed by atoms with E-state index in [1.807, 2.05) is 0 Å². The zero-order valence-corrected chi connectivity index (χ0v) is 43.4. The van der Waals surface area contributed by atoms with Crippen LogP contribution in [0.2, 0.25) is 0 Å². The number of para-hydroxylation sites is 6. The monoisotopic (exact) mass is 1000 g/mol. The number of anilines is 3. The summed E-state index contributed by atoms with van der Waals surface area (Å²) in [6.07, 6.45) is 0. The second-order valence-corrected chi connectivity index (χ2v) is 20.6. The molecule has 0 atom stereocenters. The van der Waals surface area contributed by atoms with Gasteiger partial charge in [-0.15, -0.1) is 0 Å². The molecule has 0 amide bonds. The fourth-order valence-corrected chi connectivity index (χ4v) is 13.3. The molecule has 0 unspecified atom stereocenters. The Bertz CT molecular complexity index is 4550. The lowest BCUT2D eigenvalue weighted by Gasteiger charge is -2.34. The number of benzene rings is 13. The Kier molecular flexibility index (Phi) is 11.1. The minimum Gasteiger partial charge on any atom is -0.309 e. The number of hydrogen-bond donors (Lipinski definition) is 0. The van der Waals surface area contributed by atoms with E-state index in [4.69, 9.17) is 0 Å². The molecule has 13 aromatic carbocycles. The lowest BCUT2D eigenvalue weighted by atomic mass is 9.67. The van der Waals surface area contributed by atoms with Gasteiger partial charge in [0, 0.05) is 38.7 Å². The predicted octanol–water partition coefficient (Wildman–Crippen LogP) is 20.4. The van der Waals surface area contributed by atoms with E-state index in [1.54, 1.807) is 0 Å². The van der Waals surface area contributed by atoms with Gasteiger partial charge in [0.2, 0.25) is 0 Å². The summed E-state index contributed by atoms with van der Waals surface area (Å²) in [4.78, 5) is 2.57. The first kappa shape index (κ1) is 46.1. The molecule has 0 saturated carbocycles. The highest BCUT2D eigenvalue weighted by molar-refractivity contribution is 6.16. The second-order valence-electron chi connectivity index (χ2n) is 20.6. The molecular formula is C77H52N2. The van der Waals surface area contributed by atoms with Crippen molar-refractivity contribution >= 4 is 49.6 Å². The van der Waals surface area contributed by atoms with Gasteiger partial charge in [0.15, 0.2) is 0 Å². The van der Waals surface area contributed by atoms with E-state index in [9.17, 15) is 0 Å². The summed E-state index contributed by atoms with van der Waals surface area (Å²) in [6, 6.07) is 116. The van der Waals surface area contributed by atoms with Gasteiger partial charge in [-0.3, -0.25) is 0 Å². The molecule has 0 spiro atoms. The average Bonchev–Trinajstić information content (AvgIpc) is 4.18. The Morgan fingerprint density at radius 3 is 1.37 bits per heavy atom. The Labute approximate surface area is 461 Å². The van der Waals surface area contributed by atoms with E-state index in [0.29, 0.717) is 0 Å². The van der Waals surface area contributed by atoms with E-state index >= 15 is 0 Å². The minimum absolute atomic E-state index is 0.557. The maximum Gasteiger partial charge on any atom is 0.0713 e. The molecule has 1 aliphatic rings. The van der Waals surface area contributed by atoms with Crippen molar-refractivity contribution in [2.45, 2.75) is 5.41 Å². The quantitative estimate of drug-likeness (QED) is 0.133. The van der Waals surface area contributed by atoms with Gasteiger partial charge in [-0.2, -0.15) is 0 Å². The Balaban J connectivity index is 1.04. The fraction of sp³-hybridized carbons (Fsp3) is 0.0130. The smallest absolute Gasteiger partial charge is 0.0713 e. The first-order valence-electron chi connectivity index (χ1n) is 27.3. The normalized spacial score (nSPS) is 12.4. The second kappa shape index (κ2) is 19.1. The Morgan fingerprint density at radius 1 is 0.278 bits per heavy atom. The van der Waals surface area contributed by atoms with Crippen LogP contribution in [0.15, 0.2) is 315 Å². The van der Waals surface area contributed by atoms with Crippen molar-refractivity contribution in [3.8, 4) is 61.3 Å². The van der Waals surface area contributed by atoms with Crippen LogP contribution in [0.3, 0.4) is 0 Å². The first-order chi connectivity index (χ1) is 39.3. The molecule has 370 valence electrons. The molecule has 2 nitrogen and oxygen atoms in total. The fourth-order valence-electron chi connectivity index (χ4n) is 13.3. The number of aromatic nitrogens is 1. The zero-order chi connectivity index (χ0) is 52.3. The summed E-state index contributed by atoms with van der Waals surface area (Å²) in [5.74, 6) is 0. The predicted molar refractivity (Wildman–Crippen MR) is 332 cm³/mol. The third-order valence-electron chi connectivity index (χ3n) is 16.5. The van der Waals surface area contributed by atoms with Crippen molar-refractivity contribution < 1.29 is 0 Å². The van der Waals surface area contributed by atoms with E-state index < -0.39 is 5.41 Å². The highest BCUT2D eigenvalue weighted by Crippen LogP contribution is 2.60. The van der Waals surface area contributed by atoms with Crippen molar-refractivity contribution in [2.24, 2.45) is 0 Å². The molecule has 0 N–H and O–H groups in total. The molecule has 1 heterocycles. The van der Waals surface area contributed by atoms with Gasteiger partial charge in [0.25, 0.3) is 0 Å². The highest BCUT2D eigenvalue weighted by Gasteiger charge is 2.47. The number of fused-ring (bicyclic) bond motifs is 7. The molecule has 0 bridgehead atoms. The van der Waals surface area contributed by atoms with Gasteiger partial charge in [0.1, 0.15) is 0 Å². The highest BCUT2D eigenvalue weighted by atomic mass is 15.2. The lowest BCUT2D eigenvalue weighted by molar-refractivity contribution is 0.768. The molecule has 1 aliphatic carbocycles. The average molecular weight is 1010 g/mol. The molecule has 79 heavy (non-hydrogen) atoms. The summed E-state index contributed by atoms with van der Waals surface area (Å²) in [7, 11) is 0. The van der Waals surface area contributed by atoms with Crippen LogP contribution in [0, 0.1) is 0 Å². The Morgan fingerprint density at radius 2 is 0.709 bits per heavy atom. The summed E-state index contributed by atoms with van der Waals surface area (Å²) in [5.41, 5.74) is 22.9. The molecule has 14 aromatic rings. The molecule has 2 heteroatoms. The van der Waals surface area contributed by atoms with Gasteiger partial charge in [-0.05, 0) is 103 Å². The zero-order valence-electron chi connectivity index (χ0n) is 43.4. The van der Waals surface area contributed by atoms with Gasteiger partial charge in [-0.25, -0.2) is 0 Å². The van der Waals surface area contributed by atoms with E-state index in [0.717, 1.165) is 45.0 Å².